The maximum Gasteiger partial charge on any atom is 0.312 e. The molecule has 1 aliphatic rings. The molecule has 30 heavy (non-hydrogen) atoms. The first-order valence-electron chi connectivity index (χ1n) is 8.90. The lowest BCUT2D eigenvalue weighted by atomic mass is 10.1. The third-order valence-electron chi connectivity index (χ3n) is 4.46. The van der Waals surface area contributed by atoms with Gasteiger partial charge in [0.25, 0.3) is 10.0 Å². The molecule has 2 aromatic carbocycles. The smallest absolute Gasteiger partial charge is 0.312 e. The van der Waals surface area contributed by atoms with Crippen molar-refractivity contribution in [3.8, 4) is 11.5 Å². The van der Waals surface area contributed by atoms with Gasteiger partial charge in [-0.15, -0.1) is 0 Å². The molecule has 0 saturated heterocycles. The first-order chi connectivity index (χ1) is 13.9. The van der Waals surface area contributed by atoms with Gasteiger partial charge in [0.15, 0.2) is 5.75 Å². The molecule has 0 bridgehead atoms. The quantitative estimate of drug-likeness (QED) is 0.565. The summed E-state index contributed by atoms with van der Waals surface area (Å²) in [5.74, 6) is 0.148. The predicted octanol–water partition coefficient (Wildman–Crippen LogP) is 2.93. The van der Waals surface area contributed by atoms with E-state index in [1.807, 2.05) is 13.8 Å². The Morgan fingerprint density at radius 1 is 1.27 bits per heavy atom. The van der Waals surface area contributed by atoms with E-state index in [0.717, 1.165) is 6.07 Å². The minimum absolute atomic E-state index is 0.000952. The Labute approximate surface area is 173 Å². The van der Waals surface area contributed by atoms with Crippen molar-refractivity contribution in [3.63, 3.8) is 0 Å². The molecule has 1 amide bonds. The van der Waals surface area contributed by atoms with Crippen molar-refractivity contribution in [2.24, 2.45) is 0 Å². The number of rotatable bonds is 5. The van der Waals surface area contributed by atoms with Crippen LogP contribution in [0, 0.1) is 10.1 Å². The van der Waals surface area contributed by atoms with E-state index in [4.69, 9.17) is 9.47 Å². The molecule has 160 valence electrons. The Hall–Kier alpha value is -3.34. The molecule has 0 aromatic heterocycles. The first-order valence-corrected chi connectivity index (χ1v) is 10.4. The fourth-order valence-electron chi connectivity index (χ4n) is 3.15. The molecule has 2 aromatic rings. The molecular formula is C19H21N3O7S. The zero-order valence-corrected chi connectivity index (χ0v) is 17.6. The molecule has 1 N–H and O–H groups in total. The number of nitrogens with one attached hydrogen (secondary N) is 1. The first kappa shape index (κ1) is 21.4. The number of amides is 1. The SMILES string of the molecule is COc1ccc(NS(=O)(=O)c2ccc3c(c2)N(C(C)=O)CC(C)(C)O3)cc1[N+](=O)[O-]. The zero-order valence-electron chi connectivity index (χ0n) is 16.8. The largest absolute Gasteiger partial charge is 0.490 e. The fourth-order valence-corrected chi connectivity index (χ4v) is 4.22. The van der Waals surface area contributed by atoms with Gasteiger partial charge in [-0.05, 0) is 44.2 Å². The second-order valence-electron chi connectivity index (χ2n) is 7.35. The molecule has 0 saturated carbocycles. The summed E-state index contributed by atoms with van der Waals surface area (Å²) in [6.45, 7) is 5.31. The average molecular weight is 435 g/mol. The van der Waals surface area contributed by atoms with Crippen LogP contribution >= 0.6 is 0 Å². The highest BCUT2D eigenvalue weighted by Crippen LogP contribution is 2.39. The summed E-state index contributed by atoms with van der Waals surface area (Å²) in [4.78, 5) is 23.9. The lowest BCUT2D eigenvalue weighted by Crippen LogP contribution is -2.48. The van der Waals surface area contributed by atoms with Gasteiger partial charge in [-0.2, -0.15) is 0 Å². The van der Waals surface area contributed by atoms with Crippen molar-refractivity contribution in [3.05, 3.63) is 46.5 Å². The Kier molecular flexibility index (Phi) is 5.33. The van der Waals surface area contributed by atoms with Crippen LogP contribution in [-0.4, -0.2) is 38.5 Å². The van der Waals surface area contributed by atoms with Crippen LogP contribution in [0.5, 0.6) is 11.5 Å². The van der Waals surface area contributed by atoms with E-state index >= 15 is 0 Å². The van der Waals surface area contributed by atoms with Gasteiger partial charge in [-0.1, -0.05) is 0 Å². The minimum Gasteiger partial charge on any atom is -0.490 e. The summed E-state index contributed by atoms with van der Waals surface area (Å²) in [6.07, 6.45) is 0. The summed E-state index contributed by atoms with van der Waals surface area (Å²) < 4.78 is 38.8. The van der Waals surface area contributed by atoms with Gasteiger partial charge in [0.2, 0.25) is 5.91 Å². The number of nitro groups is 1. The van der Waals surface area contributed by atoms with Crippen molar-refractivity contribution >= 4 is 33.0 Å². The molecule has 0 radical (unpaired) electrons. The van der Waals surface area contributed by atoms with Crippen LogP contribution in [0.3, 0.4) is 0 Å². The number of sulfonamides is 1. The lowest BCUT2D eigenvalue weighted by molar-refractivity contribution is -0.385. The number of benzene rings is 2. The van der Waals surface area contributed by atoms with Crippen LogP contribution in [0.4, 0.5) is 17.1 Å². The molecule has 0 fully saturated rings. The highest BCUT2D eigenvalue weighted by atomic mass is 32.2. The highest BCUT2D eigenvalue weighted by molar-refractivity contribution is 7.92. The number of carbonyl (C=O) groups is 1. The molecular weight excluding hydrogens is 414 g/mol. The van der Waals surface area contributed by atoms with Crippen LogP contribution < -0.4 is 19.1 Å². The molecule has 0 spiro atoms. The van der Waals surface area contributed by atoms with Gasteiger partial charge < -0.3 is 14.4 Å². The third-order valence-corrected chi connectivity index (χ3v) is 5.84. The van der Waals surface area contributed by atoms with E-state index in [9.17, 15) is 23.3 Å². The molecule has 0 unspecified atom stereocenters. The second-order valence-corrected chi connectivity index (χ2v) is 9.03. The van der Waals surface area contributed by atoms with Gasteiger partial charge >= 0.3 is 5.69 Å². The molecule has 1 heterocycles. The van der Waals surface area contributed by atoms with Crippen LogP contribution in [0.15, 0.2) is 41.3 Å². The maximum absolute atomic E-state index is 12.9. The summed E-state index contributed by atoms with van der Waals surface area (Å²) in [6, 6.07) is 7.90. The standard InChI is InChI=1S/C19H21N3O7S/c1-12(23)21-11-19(2,3)29-18-8-6-14(10-15(18)21)30(26,27)20-13-5-7-17(28-4)16(9-13)22(24)25/h5-10,20H,11H2,1-4H3. The molecule has 3 rings (SSSR count). The molecule has 0 atom stereocenters. The van der Waals surface area contributed by atoms with Crippen LogP contribution in [0.1, 0.15) is 20.8 Å². The second kappa shape index (κ2) is 7.48. The van der Waals surface area contributed by atoms with Gasteiger partial charge in [-0.3, -0.25) is 19.6 Å². The predicted molar refractivity (Wildman–Crippen MR) is 110 cm³/mol. The number of carbonyl (C=O) groups excluding carboxylic acids is 1. The lowest BCUT2D eigenvalue weighted by Gasteiger charge is -2.39. The van der Waals surface area contributed by atoms with Crippen molar-refractivity contribution < 1.29 is 27.6 Å². The topological polar surface area (TPSA) is 128 Å². The number of fused-ring (bicyclic) bond motifs is 1. The number of ether oxygens (including phenoxy) is 2. The van der Waals surface area contributed by atoms with E-state index in [1.165, 1.54) is 49.3 Å². The van der Waals surface area contributed by atoms with Crippen LogP contribution in [-0.2, 0) is 14.8 Å². The summed E-state index contributed by atoms with van der Waals surface area (Å²) in [5, 5.41) is 11.2. The van der Waals surface area contributed by atoms with E-state index < -0.39 is 20.5 Å². The van der Waals surface area contributed by atoms with E-state index in [1.54, 1.807) is 0 Å². The van der Waals surface area contributed by atoms with Gasteiger partial charge in [0.1, 0.15) is 11.4 Å². The maximum atomic E-state index is 12.9. The summed E-state index contributed by atoms with van der Waals surface area (Å²) >= 11 is 0. The fraction of sp³-hybridized carbons (Fsp3) is 0.316. The van der Waals surface area contributed by atoms with Crippen LogP contribution in [0.2, 0.25) is 0 Å². The number of methoxy groups -OCH3 is 1. The van der Waals surface area contributed by atoms with Crippen molar-refractivity contribution in [1.82, 2.24) is 0 Å². The van der Waals surface area contributed by atoms with E-state index in [2.05, 4.69) is 4.72 Å². The van der Waals surface area contributed by atoms with Crippen molar-refractivity contribution in [2.75, 3.05) is 23.3 Å². The average Bonchev–Trinajstić information content (AvgIpc) is 2.65. The number of nitro benzene ring substituents is 1. The van der Waals surface area contributed by atoms with Crippen molar-refractivity contribution in [1.29, 1.82) is 0 Å². The Bertz CT molecular complexity index is 1130. The Morgan fingerprint density at radius 3 is 2.57 bits per heavy atom. The van der Waals surface area contributed by atoms with Gasteiger partial charge in [0, 0.05) is 13.0 Å². The highest BCUT2D eigenvalue weighted by Gasteiger charge is 2.34. The van der Waals surface area contributed by atoms with E-state index in [0.29, 0.717) is 11.4 Å². The summed E-state index contributed by atoms with van der Waals surface area (Å²) in [5.41, 5.74) is -0.660. The third kappa shape index (κ3) is 4.15. The summed E-state index contributed by atoms with van der Waals surface area (Å²) in [7, 11) is -2.81. The Balaban J connectivity index is 1.98. The molecule has 1 aliphatic heterocycles. The number of nitrogens with zero attached hydrogens (tertiary/aromatic N) is 2. The van der Waals surface area contributed by atoms with Gasteiger partial charge in [0.05, 0.1) is 34.8 Å². The molecule has 11 heteroatoms. The minimum atomic E-state index is -4.09. The monoisotopic (exact) mass is 435 g/mol. The van der Waals surface area contributed by atoms with Crippen LogP contribution in [0.25, 0.3) is 0 Å². The molecule has 10 nitrogen and oxygen atoms in total. The number of hydrogen-bond donors (Lipinski definition) is 1. The zero-order chi connectivity index (χ0) is 22.3. The normalized spacial score (nSPS) is 15.0. The van der Waals surface area contributed by atoms with Gasteiger partial charge in [-0.25, -0.2) is 8.42 Å². The number of hydrogen-bond acceptors (Lipinski definition) is 7. The Morgan fingerprint density at radius 2 is 1.97 bits per heavy atom. The van der Waals surface area contributed by atoms with Crippen molar-refractivity contribution in [2.45, 2.75) is 31.3 Å². The molecule has 0 aliphatic carbocycles. The number of anilines is 2. The van der Waals surface area contributed by atoms with E-state index in [-0.39, 0.29) is 34.5 Å².